The highest BCUT2D eigenvalue weighted by Gasteiger charge is 2.30. The Morgan fingerprint density at radius 1 is 1.10 bits per heavy atom. The van der Waals surface area contributed by atoms with E-state index in [1.807, 2.05) is 6.07 Å². The Labute approximate surface area is 233 Å². The summed E-state index contributed by atoms with van der Waals surface area (Å²) in [6.07, 6.45) is -0.213. The number of anilines is 2. The van der Waals surface area contributed by atoms with E-state index in [0.717, 1.165) is 36.8 Å². The van der Waals surface area contributed by atoms with Crippen molar-refractivity contribution in [3.63, 3.8) is 0 Å². The number of hydrogen-bond donors (Lipinski definition) is 3. The van der Waals surface area contributed by atoms with Crippen LogP contribution in [0.4, 0.5) is 24.5 Å². The number of alkyl halides is 3. The molecular weight excluding hydrogens is 519 g/mol. The van der Waals surface area contributed by atoms with Crippen LogP contribution in [0, 0.1) is 11.8 Å². The Morgan fingerprint density at radius 2 is 1.85 bits per heavy atom. The van der Waals surface area contributed by atoms with Gasteiger partial charge in [0.15, 0.2) is 0 Å². The van der Waals surface area contributed by atoms with Gasteiger partial charge in [0.1, 0.15) is 12.3 Å². The molecule has 1 aliphatic rings. The lowest BCUT2D eigenvalue weighted by molar-refractivity contribution is -0.140. The molecule has 10 heteroatoms. The van der Waals surface area contributed by atoms with Gasteiger partial charge in [-0.2, -0.15) is 13.2 Å². The summed E-state index contributed by atoms with van der Waals surface area (Å²) in [5.74, 6) is 6.10. The molecule has 0 bridgehead atoms. The second-order valence-electron chi connectivity index (χ2n) is 10.2. The molecule has 0 spiro atoms. The molecule has 0 atom stereocenters. The highest BCUT2D eigenvalue weighted by atomic mass is 19.4. The summed E-state index contributed by atoms with van der Waals surface area (Å²) in [7, 11) is 7.24. The average molecular weight is 556 g/mol. The lowest BCUT2D eigenvalue weighted by Gasteiger charge is -2.33. The molecule has 1 heterocycles. The Hall–Kier alpha value is -3.84. The summed E-state index contributed by atoms with van der Waals surface area (Å²) in [6.45, 7) is -0.955. The van der Waals surface area contributed by atoms with E-state index in [2.05, 4.69) is 46.8 Å². The van der Waals surface area contributed by atoms with Crippen LogP contribution < -0.4 is 20.7 Å². The fraction of sp³-hybridized carbons (Fsp3) is 0.433. The fourth-order valence-electron chi connectivity index (χ4n) is 5.22. The number of carbonyl (C=O) groups excluding carboxylic acids is 1. The molecule has 7 nitrogen and oxygen atoms in total. The largest absolute Gasteiger partial charge is 0.495 e. The minimum Gasteiger partial charge on any atom is -0.495 e. The van der Waals surface area contributed by atoms with Gasteiger partial charge in [0.2, 0.25) is 0 Å². The van der Waals surface area contributed by atoms with Gasteiger partial charge in [-0.1, -0.05) is 12.0 Å². The molecule has 0 saturated heterocycles. The van der Waals surface area contributed by atoms with Crippen molar-refractivity contribution in [1.29, 1.82) is 0 Å². The normalized spacial score (nSPS) is 17.3. The number of carbonyl (C=O) groups is 1. The number of hydrogen-bond acceptors (Lipinski definition) is 5. The zero-order valence-electron chi connectivity index (χ0n) is 23.3. The molecule has 1 aliphatic carbocycles. The molecule has 214 valence electrons. The van der Waals surface area contributed by atoms with Gasteiger partial charge >= 0.3 is 6.18 Å². The summed E-state index contributed by atoms with van der Waals surface area (Å²) in [5.41, 5.74) is 2.68. The number of benzene rings is 2. The van der Waals surface area contributed by atoms with Gasteiger partial charge in [0.25, 0.3) is 5.91 Å². The van der Waals surface area contributed by atoms with Crippen molar-refractivity contribution in [3.05, 3.63) is 53.7 Å². The standard InChI is InChI=1S/C30H36F3N5O2/c1-34-29(39)20-10-15-26(28(17-20)40-4)35-16-6-7-23-18-24-25(36-21-11-13-22(14-12-21)37(2)3)8-5-9-27(24)38(23)19-30(31,32)33/h5,8-10,15,17-18,21-22,35-36H,11-14,16,19H2,1-4H3,(H,34,39). The Morgan fingerprint density at radius 3 is 2.50 bits per heavy atom. The van der Waals surface area contributed by atoms with Crippen LogP contribution in [0.5, 0.6) is 5.75 Å². The van der Waals surface area contributed by atoms with Crippen LogP contribution in [0.25, 0.3) is 10.9 Å². The van der Waals surface area contributed by atoms with E-state index < -0.39 is 12.7 Å². The van der Waals surface area contributed by atoms with Crippen LogP contribution in [0.3, 0.4) is 0 Å². The predicted molar refractivity (Wildman–Crippen MR) is 153 cm³/mol. The van der Waals surface area contributed by atoms with Crippen molar-refractivity contribution in [3.8, 4) is 17.6 Å². The lowest BCUT2D eigenvalue weighted by atomic mass is 9.90. The highest BCUT2D eigenvalue weighted by Crippen LogP contribution is 2.32. The number of amides is 1. The minimum atomic E-state index is -4.39. The summed E-state index contributed by atoms with van der Waals surface area (Å²) in [4.78, 5) is 14.1. The maximum atomic E-state index is 13.6. The Balaban J connectivity index is 1.56. The first kappa shape index (κ1) is 29.2. The Kier molecular flexibility index (Phi) is 9.15. The zero-order valence-corrected chi connectivity index (χ0v) is 23.3. The van der Waals surface area contributed by atoms with E-state index in [1.165, 1.54) is 11.7 Å². The van der Waals surface area contributed by atoms with Gasteiger partial charge in [-0.3, -0.25) is 4.79 Å². The molecule has 0 aliphatic heterocycles. The first-order valence-electron chi connectivity index (χ1n) is 13.3. The molecule has 40 heavy (non-hydrogen) atoms. The predicted octanol–water partition coefficient (Wildman–Crippen LogP) is 5.32. The number of ether oxygens (including phenoxy) is 1. The summed E-state index contributed by atoms with van der Waals surface area (Å²) < 4.78 is 47.3. The Bertz CT molecular complexity index is 1400. The van der Waals surface area contributed by atoms with E-state index in [9.17, 15) is 18.0 Å². The molecule has 1 amide bonds. The molecule has 1 aromatic heterocycles. The number of nitrogens with one attached hydrogen (secondary N) is 3. The number of rotatable bonds is 8. The van der Waals surface area contributed by atoms with E-state index in [4.69, 9.17) is 4.74 Å². The van der Waals surface area contributed by atoms with Crippen LogP contribution in [-0.4, -0.2) is 68.4 Å². The first-order valence-corrected chi connectivity index (χ1v) is 13.3. The number of nitrogens with zero attached hydrogens (tertiary/aromatic N) is 2. The zero-order chi connectivity index (χ0) is 28.9. The van der Waals surface area contributed by atoms with E-state index in [1.54, 1.807) is 43.4 Å². The lowest BCUT2D eigenvalue weighted by Crippen LogP contribution is -2.36. The molecule has 3 aromatic rings. The summed E-state index contributed by atoms with van der Waals surface area (Å²) in [6, 6.07) is 13.0. The van der Waals surface area contributed by atoms with Gasteiger partial charge < -0.3 is 30.2 Å². The third-order valence-electron chi connectivity index (χ3n) is 7.34. The van der Waals surface area contributed by atoms with E-state index >= 15 is 0 Å². The van der Waals surface area contributed by atoms with Crippen molar-refractivity contribution in [1.82, 2.24) is 14.8 Å². The van der Waals surface area contributed by atoms with E-state index in [-0.39, 0.29) is 18.5 Å². The number of halogens is 3. The summed E-state index contributed by atoms with van der Waals surface area (Å²) in [5, 5.41) is 10.00. The summed E-state index contributed by atoms with van der Waals surface area (Å²) >= 11 is 0. The third kappa shape index (κ3) is 7.02. The molecule has 1 fully saturated rings. The van der Waals surface area contributed by atoms with Gasteiger partial charge in [0.05, 0.1) is 30.6 Å². The SMILES string of the molecule is CNC(=O)c1ccc(NCC#Cc2cc3c(NC4CCC(N(C)C)CC4)cccc3n2CC(F)(F)F)c(OC)c1. The molecule has 0 radical (unpaired) electrons. The van der Waals surface area contributed by atoms with Crippen LogP contribution in [0.15, 0.2) is 42.5 Å². The second-order valence-corrected chi connectivity index (χ2v) is 10.2. The van der Waals surface area contributed by atoms with Crippen molar-refractivity contribution < 1.29 is 22.7 Å². The van der Waals surface area contributed by atoms with Gasteiger partial charge in [-0.25, -0.2) is 0 Å². The molecule has 1 saturated carbocycles. The van der Waals surface area contributed by atoms with E-state index in [0.29, 0.717) is 34.3 Å². The van der Waals surface area contributed by atoms with Gasteiger partial charge in [-0.05, 0) is 82.1 Å². The highest BCUT2D eigenvalue weighted by molar-refractivity contribution is 5.95. The molecule has 3 N–H and O–H groups in total. The van der Waals surface area contributed by atoms with Crippen LogP contribution in [0.2, 0.25) is 0 Å². The molecule has 0 unspecified atom stereocenters. The molecule has 4 rings (SSSR count). The maximum Gasteiger partial charge on any atom is 0.406 e. The van der Waals surface area contributed by atoms with Crippen molar-refractivity contribution in [2.45, 2.75) is 50.5 Å². The topological polar surface area (TPSA) is 70.6 Å². The molecular formula is C30H36F3N5O2. The van der Waals surface area contributed by atoms with Crippen LogP contribution >= 0.6 is 0 Å². The number of methoxy groups -OCH3 is 1. The van der Waals surface area contributed by atoms with Gasteiger partial charge in [0, 0.05) is 35.8 Å². The average Bonchev–Trinajstić information content (AvgIpc) is 3.27. The van der Waals surface area contributed by atoms with Gasteiger partial charge in [-0.15, -0.1) is 0 Å². The third-order valence-corrected chi connectivity index (χ3v) is 7.34. The number of fused-ring (bicyclic) bond motifs is 1. The number of aromatic nitrogens is 1. The van der Waals surface area contributed by atoms with Crippen molar-refractivity contribution in [2.75, 3.05) is 45.4 Å². The fourth-order valence-corrected chi connectivity index (χ4v) is 5.22. The first-order chi connectivity index (χ1) is 19.1. The van der Waals surface area contributed by atoms with Crippen molar-refractivity contribution >= 4 is 28.2 Å². The van der Waals surface area contributed by atoms with Crippen molar-refractivity contribution in [2.24, 2.45) is 0 Å². The van der Waals surface area contributed by atoms with Crippen LogP contribution in [0.1, 0.15) is 41.7 Å². The van der Waals surface area contributed by atoms with Crippen LogP contribution in [-0.2, 0) is 6.54 Å². The quantitative estimate of drug-likeness (QED) is 0.328. The second kappa shape index (κ2) is 12.6. The monoisotopic (exact) mass is 555 g/mol. The minimum absolute atomic E-state index is 0.170. The smallest absolute Gasteiger partial charge is 0.406 e. The molecule has 2 aromatic carbocycles. The maximum absolute atomic E-state index is 13.6.